The van der Waals surface area contributed by atoms with Gasteiger partial charge in [0.05, 0.1) is 15.6 Å². The molecule has 1 amide bonds. The first-order valence-electron chi connectivity index (χ1n) is 6.91. The summed E-state index contributed by atoms with van der Waals surface area (Å²) in [5.74, 6) is -0.344. The third-order valence-corrected chi connectivity index (χ3v) is 3.78. The van der Waals surface area contributed by atoms with E-state index < -0.39 is 4.92 Å². The van der Waals surface area contributed by atoms with Crippen LogP contribution in [0, 0.1) is 24.0 Å². The number of nitro benzene ring substituents is 1. The molecule has 0 fully saturated rings. The quantitative estimate of drug-likeness (QED) is 0.489. The van der Waals surface area contributed by atoms with Gasteiger partial charge in [-0.25, -0.2) is 0 Å². The van der Waals surface area contributed by atoms with Crippen molar-refractivity contribution < 1.29 is 9.72 Å². The molecule has 0 aromatic heterocycles. The zero-order valence-corrected chi connectivity index (χ0v) is 14.5. The van der Waals surface area contributed by atoms with Crippen LogP contribution in [0.4, 0.5) is 11.4 Å². The highest BCUT2D eigenvalue weighted by Crippen LogP contribution is 2.26. The lowest BCUT2D eigenvalue weighted by Gasteiger charge is -2.12. The number of thiocarbonyl (C=S) groups is 1. The van der Waals surface area contributed by atoms with Crippen LogP contribution in [0.1, 0.15) is 21.5 Å². The summed E-state index contributed by atoms with van der Waals surface area (Å²) in [7, 11) is 0. The predicted molar refractivity (Wildman–Crippen MR) is 97.7 cm³/mol. The van der Waals surface area contributed by atoms with Crippen LogP contribution >= 0.6 is 23.8 Å². The Morgan fingerprint density at radius 1 is 1.21 bits per heavy atom. The number of non-ortho nitro benzene ring substituents is 1. The number of anilines is 1. The number of carbonyl (C=O) groups excluding carboxylic acids is 1. The minimum atomic E-state index is -0.546. The molecular formula is C16H14ClN3O3S. The van der Waals surface area contributed by atoms with Gasteiger partial charge in [0, 0.05) is 17.7 Å². The fourth-order valence-electron chi connectivity index (χ4n) is 2.11. The van der Waals surface area contributed by atoms with E-state index >= 15 is 0 Å². The maximum Gasteiger partial charge on any atom is 0.271 e. The number of rotatable bonds is 3. The van der Waals surface area contributed by atoms with Crippen LogP contribution in [0.5, 0.6) is 0 Å². The van der Waals surface area contributed by atoms with Crippen molar-refractivity contribution in [2.24, 2.45) is 0 Å². The van der Waals surface area contributed by atoms with Gasteiger partial charge in [0.2, 0.25) is 0 Å². The SMILES string of the molecule is Cc1ccc(C(=O)NC(=S)Nc2ccc([N+](=O)[O-])cc2Cl)c(C)c1. The van der Waals surface area contributed by atoms with Gasteiger partial charge in [0.15, 0.2) is 5.11 Å². The van der Waals surface area contributed by atoms with Crippen molar-refractivity contribution >= 4 is 46.2 Å². The maximum atomic E-state index is 12.2. The average molecular weight is 364 g/mol. The number of carbonyl (C=O) groups is 1. The molecule has 0 aliphatic heterocycles. The number of nitrogens with zero attached hydrogens (tertiary/aromatic N) is 1. The highest BCUT2D eigenvalue weighted by molar-refractivity contribution is 7.80. The predicted octanol–water partition coefficient (Wildman–Crippen LogP) is 3.99. The van der Waals surface area contributed by atoms with Crippen molar-refractivity contribution in [2.75, 3.05) is 5.32 Å². The summed E-state index contributed by atoms with van der Waals surface area (Å²) in [6.07, 6.45) is 0. The first-order valence-corrected chi connectivity index (χ1v) is 7.70. The van der Waals surface area contributed by atoms with Gasteiger partial charge in [-0.05, 0) is 43.8 Å². The first-order chi connectivity index (χ1) is 11.3. The number of hydrogen-bond donors (Lipinski definition) is 2. The number of aryl methyl sites for hydroxylation is 2. The Morgan fingerprint density at radius 3 is 2.50 bits per heavy atom. The van der Waals surface area contributed by atoms with E-state index in [0.29, 0.717) is 11.3 Å². The summed E-state index contributed by atoms with van der Waals surface area (Å²) in [5.41, 5.74) is 2.65. The molecule has 2 aromatic rings. The molecule has 0 spiro atoms. The maximum absolute atomic E-state index is 12.2. The van der Waals surface area contributed by atoms with E-state index in [-0.39, 0.29) is 21.7 Å². The van der Waals surface area contributed by atoms with Crippen molar-refractivity contribution in [3.63, 3.8) is 0 Å². The molecule has 24 heavy (non-hydrogen) atoms. The van der Waals surface area contributed by atoms with Crippen LogP contribution in [0.25, 0.3) is 0 Å². The van der Waals surface area contributed by atoms with E-state index in [2.05, 4.69) is 10.6 Å². The summed E-state index contributed by atoms with van der Waals surface area (Å²) >= 11 is 11.1. The fourth-order valence-corrected chi connectivity index (χ4v) is 2.54. The molecular weight excluding hydrogens is 350 g/mol. The lowest BCUT2D eigenvalue weighted by atomic mass is 10.1. The molecule has 0 radical (unpaired) electrons. The average Bonchev–Trinajstić information content (AvgIpc) is 2.48. The molecule has 2 N–H and O–H groups in total. The Hall–Kier alpha value is -2.51. The number of hydrogen-bond acceptors (Lipinski definition) is 4. The van der Waals surface area contributed by atoms with E-state index in [1.807, 2.05) is 26.0 Å². The van der Waals surface area contributed by atoms with E-state index in [4.69, 9.17) is 23.8 Å². The molecule has 8 heteroatoms. The summed E-state index contributed by atoms with van der Waals surface area (Å²) in [4.78, 5) is 22.4. The van der Waals surface area contributed by atoms with E-state index in [1.54, 1.807) is 6.07 Å². The van der Waals surface area contributed by atoms with Crippen LogP contribution in [-0.4, -0.2) is 15.9 Å². The van der Waals surface area contributed by atoms with Crippen LogP contribution in [0.15, 0.2) is 36.4 Å². The van der Waals surface area contributed by atoms with Gasteiger partial charge in [0.1, 0.15) is 0 Å². The van der Waals surface area contributed by atoms with Gasteiger partial charge in [-0.15, -0.1) is 0 Å². The standard InChI is InChI=1S/C16H14ClN3O3S/c1-9-3-5-12(10(2)7-9)15(21)19-16(24)18-14-6-4-11(20(22)23)8-13(14)17/h3-8H,1-2H3,(H2,18,19,21,24). The molecule has 0 aliphatic rings. The van der Waals surface area contributed by atoms with Crippen molar-refractivity contribution in [1.29, 1.82) is 0 Å². The highest BCUT2D eigenvalue weighted by Gasteiger charge is 2.13. The third-order valence-electron chi connectivity index (χ3n) is 3.27. The Bertz CT molecular complexity index is 839. The molecule has 0 atom stereocenters. The Kier molecular flexibility index (Phi) is 5.48. The van der Waals surface area contributed by atoms with E-state index in [9.17, 15) is 14.9 Å². The lowest BCUT2D eigenvalue weighted by Crippen LogP contribution is -2.34. The van der Waals surface area contributed by atoms with Gasteiger partial charge in [0.25, 0.3) is 11.6 Å². The van der Waals surface area contributed by atoms with Gasteiger partial charge in [-0.2, -0.15) is 0 Å². The second-order valence-electron chi connectivity index (χ2n) is 5.15. The third kappa shape index (κ3) is 4.27. The summed E-state index contributed by atoms with van der Waals surface area (Å²) in [6, 6.07) is 9.39. The molecule has 0 saturated heterocycles. The van der Waals surface area contributed by atoms with Crippen LogP contribution in [-0.2, 0) is 0 Å². The van der Waals surface area contributed by atoms with Crippen molar-refractivity contribution in [3.05, 3.63) is 68.2 Å². The van der Waals surface area contributed by atoms with Gasteiger partial charge in [-0.1, -0.05) is 29.3 Å². The number of amides is 1. The molecule has 2 aromatic carbocycles. The molecule has 0 saturated carbocycles. The zero-order chi connectivity index (χ0) is 17.9. The molecule has 0 unspecified atom stereocenters. The van der Waals surface area contributed by atoms with Crippen LogP contribution in [0.2, 0.25) is 5.02 Å². The topological polar surface area (TPSA) is 84.3 Å². The van der Waals surface area contributed by atoms with Gasteiger partial charge in [-0.3, -0.25) is 20.2 Å². The van der Waals surface area contributed by atoms with Crippen LogP contribution in [0.3, 0.4) is 0 Å². The molecule has 124 valence electrons. The Morgan fingerprint density at radius 2 is 1.92 bits per heavy atom. The van der Waals surface area contributed by atoms with E-state index in [0.717, 1.165) is 11.1 Å². The lowest BCUT2D eigenvalue weighted by molar-refractivity contribution is -0.384. The number of benzene rings is 2. The minimum Gasteiger partial charge on any atom is -0.331 e. The van der Waals surface area contributed by atoms with Gasteiger partial charge >= 0.3 is 0 Å². The highest BCUT2D eigenvalue weighted by atomic mass is 35.5. The minimum absolute atomic E-state index is 0.0516. The Balaban J connectivity index is 2.08. The second-order valence-corrected chi connectivity index (χ2v) is 5.96. The summed E-state index contributed by atoms with van der Waals surface area (Å²) in [5, 5.41) is 16.2. The van der Waals surface area contributed by atoms with Crippen molar-refractivity contribution in [3.8, 4) is 0 Å². The summed E-state index contributed by atoms with van der Waals surface area (Å²) < 4.78 is 0. The normalized spacial score (nSPS) is 10.1. The largest absolute Gasteiger partial charge is 0.331 e. The van der Waals surface area contributed by atoms with Gasteiger partial charge < -0.3 is 5.32 Å². The Labute approximate surface area is 149 Å². The van der Waals surface area contributed by atoms with Crippen molar-refractivity contribution in [2.45, 2.75) is 13.8 Å². The monoisotopic (exact) mass is 363 g/mol. The smallest absolute Gasteiger partial charge is 0.271 e. The fraction of sp³-hybridized carbons (Fsp3) is 0.125. The second kappa shape index (κ2) is 7.37. The number of halogens is 1. The molecule has 0 aliphatic carbocycles. The number of nitro groups is 1. The zero-order valence-electron chi connectivity index (χ0n) is 12.9. The van der Waals surface area contributed by atoms with E-state index in [1.165, 1.54) is 18.2 Å². The van der Waals surface area contributed by atoms with Crippen molar-refractivity contribution in [1.82, 2.24) is 5.32 Å². The number of nitrogens with one attached hydrogen (secondary N) is 2. The molecule has 6 nitrogen and oxygen atoms in total. The molecule has 2 rings (SSSR count). The van der Waals surface area contributed by atoms with Crippen LogP contribution < -0.4 is 10.6 Å². The first kappa shape index (κ1) is 17.8. The molecule has 0 bridgehead atoms. The molecule has 0 heterocycles. The summed E-state index contributed by atoms with van der Waals surface area (Å²) in [6.45, 7) is 3.78.